The molecule has 1 aliphatic heterocycles. The van der Waals surface area contributed by atoms with Gasteiger partial charge in [-0.1, -0.05) is 17.7 Å². The lowest BCUT2D eigenvalue weighted by Crippen LogP contribution is -2.27. The number of furan rings is 1. The minimum Gasteiger partial charge on any atom is -0.457 e. The average molecular weight is 487 g/mol. The molecular formula is C23H16ClFN2O5S. The van der Waals surface area contributed by atoms with Gasteiger partial charge in [-0.05, 0) is 67.1 Å². The normalized spacial score (nSPS) is 15.0. The van der Waals surface area contributed by atoms with E-state index in [2.05, 4.69) is 0 Å². The molecular weight excluding hydrogens is 471 g/mol. The standard InChI is InChI=1S/C23H16ClFN2O5S/c1-12-7-15(8-19(13(12)2)27(30)31)20-6-5-17(32-20)10-21-22(28)26(23(29)33-21)11-14-3-4-16(25)9-18(14)24/h3-10H,11H2,1-2H3/b21-10-. The van der Waals surface area contributed by atoms with Crippen LogP contribution < -0.4 is 0 Å². The third-order valence-electron chi connectivity index (χ3n) is 5.24. The number of carbonyl (C=O) groups excluding carboxylic acids is 2. The van der Waals surface area contributed by atoms with E-state index >= 15 is 0 Å². The smallest absolute Gasteiger partial charge is 0.293 e. The van der Waals surface area contributed by atoms with Crippen LogP contribution in [-0.4, -0.2) is 21.0 Å². The van der Waals surface area contributed by atoms with E-state index in [0.717, 1.165) is 28.3 Å². The number of hydrogen-bond acceptors (Lipinski definition) is 6. The number of imide groups is 1. The SMILES string of the molecule is Cc1cc(-c2ccc(/C=C3\SC(=O)N(Cc4ccc(F)cc4Cl)C3=O)o2)cc([N+](=O)[O-])c1C. The van der Waals surface area contributed by atoms with Crippen LogP contribution in [0.25, 0.3) is 17.4 Å². The number of nitro groups is 1. The number of benzene rings is 2. The van der Waals surface area contributed by atoms with E-state index < -0.39 is 21.9 Å². The molecule has 7 nitrogen and oxygen atoms in total. The summed E-state index contributed by atoms with van der Waals surface area (Å²) in [5.41, 5.74) is 2.29. The van der Waals surface area contributed by atoms with Crippen LogP contribution in [0.2, 0.25) is 5.02 Å². The van der Waals surface area contributed by atoms with Crippen LogP contribution in [-0.2, 0) is 11.3 Å². The number of aryl methyl sites for hydroxylation is 1. The summed E-state index contributed by atoms with van der Waals surface area (Å²) in [6, 6.07) is 10.2. The molecule has 0 radical (unpaired) electrons. The fraction of sp³-hybridized carbons (Fsp3) is 0.130. The van der Waals surface area contributed by atoms with E-state index in [1.165, 1.54) is 24.3 Å². The Labute approximate surface area is 197 Å². The zero-order chi connectivity index (χ0) is 23.9. The zero-order valence-corrected chi connectivity index (χ0v) is 19.0. The summed E-state index contributed by atoms with van der Waals surface area (Å²) in [6.45, 7) is 3.37. The Bertz CT molecular complexity index is 1350. The van der Waals surface area contributed by atoms with Gasteiger partial charge in [0, 0.05) is 28.3 Å². The number of carbonyl (C=O) groups is 2. The van der Waals surface area contributed by atoms with Gasteiger partial charge in [-0.2, -0.15) is 0 Å². The third-order valence-corrected chi connectivity index (χ3v) is 6.50. The van der Waals surface area contributed by atoms with E-state index in [-0.39, 0.29) is 22.2 Å². The van der Waals surface area contributed by atoms with Crippen LogP contribution in [0.5, 0.6) is 0 Å². The molecule has 1 fully saturated rings. The highest BCUT2D eigenvalue weighted by atomic mass is 35.5. The van der Waals surface area contributed by atoms with E-state index in [9.17, 15) is 24.1 Å². The molecule has 0 aliphatic carbocycles. The Morgan fingerprint density at radius 2 is 1.94 bits per heavy atom. The van der Waals surface area contributed by atoms with Crippen molar-refractivity contribution in [1.82, 2.24) is 4.90 Å². The highest BCUT2D eigenvalue weighted by Crippen LogP contribution is 2.36. The largest absolute Gasteiger partial charge is 0.457 e. The number of thioether (sulfide) groups is 1. The summed E-state index contributed by atoms with van der Waals surface area (Å²) in [6.07, 6.45) is 1.44. The first-order chi connectivity index (χ1) is 15.6. The Morgan fingerprint density at radius 3 is 2.64 bits per heavy atom. The van der Waals surface area contributed by atoms with Crippen molar-refractivity contribution in [2.75, 3.05) is 0 Å². The fourth-order valence-corrected chi connectivity index (χ4v) is 4.39. The second kappa shape index (κ2) is 8.84. The van der Waals surface area contributed by atoms with Crippen LogP contribution in [0.4, 0.5) is 14.9 Å². The lowest BCUT2D eigenvalue weighted by atomic mass is 10.0. The van der Waals surface area contributed by atoms with Gasteiger partial charge in [0.1, 0.15) is 17.3 Å². The molecule has 1 saturated heterocycles. The summed E-state index contributed by atoms with van der Waals surface area (Å²) in [5.74, 6) is -0.327. The number of nitrogens with zero attached hydrogens (tertiary/aromatic N) is 2. The quantitative estimate of drug-likeness (QED) is 0.232. The maximum atomic E-state index is 13.3. The van der Waals surface area contributed by atoms with Gasteiger partial charge in [-0.15, -0.1) is 0 Å². The number of rotatable bonds is 5. The Kier molecular flexibility index (Phi) is 6.09. The first-order valence-electron chi connectivity index (χ1n) is 9.69. The molecule has 2 amide bonds. The highest BCUT2D eigenvalue weighted by Gasteiger charge is 2.35. The molecule has 0 N–H and O–H groups in total. The van der Waals surface area contributed by atoms with Gasteiger partial charge in [-0.25, -0.2) is 4.39 Å². The van der Waals surface area contributed by atoms with Crippen molar-refractivity contribution in [3.05, 3.63) is 90.8 Å². The van der Waals surface area contributed by atoms with Gasteiger partial charge < -0.3 is 4.42 Å². The molecule has 3 aromatic rings. The number of halogens is 2. The molecule has 2 aromatic carbocycles. The molecule has 2 heterocycles. The molecule has 1 aromatic heterocycles. The fourth-order valence-electron chi connectivity index (χ4n) is 3.34. The van der Waals surface area contributed by atoms with Crippen molar-refractivity contribution in [2.24, 2.45) is 0 Å². The van der Waals surface area contributed by atoms with Crippen LogP contribution >= 0.6 is 23.4 Å². The van der Waals surface area contributed by atoms with Crippen molar-refractivity contribution in [1.29, 1.82) is 0 Å². The Balaban J connectivity index is 1.58. The van der Waals surface area contributed by atoms with Crippen LogP contribution in [0, 0.1) is 29.8 Å². The topological polar surface area (TPSA) is 93.7 Å². The van der Waals surface area contributed by atoms with Crippen molar-refractivity contribution < 1.29 is 23.3 Å². The number of nitro benzene ring substituents is 1. The lowest BCUT2D eigenvalue weighted by Gasteiger charge is -2.13. The second-order valence-electron chi connectivity index (χ2n) is 7.40. The Morgan fingerprint density at radius 1 is 1.18 bits per heavy atom. The van der Waals surface area contributed by atoms with Crippen molar-refractivity contribution in [3.63, 3.8) is 0 Å². The molecule has 4 rings (SSSR count). The zero-order valence-electron chi connectivity index (χ0n) is 17.4. The summed E-state index contributed by atoms with van der Waals surface area (Å²) < 4.78 is 19.0. The average Bonchev–Trinajstić information content (AvgIpc) is 3.31. The van der Waals surface area contributed by atoms with E-state index in [0.29, 0.717) is 28.2 Å². The lowest BCUT2D eigenvalue weighted by molar-refractivity contribution is -0.385. The number of hydrogen-bond donors (Lipinski definition) is 0. The molecule has 33 heavy (non-hydrogen) atoms. The molecule has 0 saturated carbocycles. The summed E-state index contributed by atoms with van der Waals surface area (Å²) in [5, 5.41) is 11.0. The van der Waals surface area contributed by atoms with Crippen molar-refractivity contribution in [2.45, 2.75) is 20.4 Å². The summed E-state index contributed by atoms with van der Waals surface area (Å²) in [4.78, 5) is 37.2. The maximum absolute atomic E-state index is 13.3. The van der Waals surface area contributed by atoms with E-state index in [1.54, 1.807) is 32.0 Å². The molecule has 0 atom stereocenters. The molecule has 168 valence electrons. The van der Waals surface area contributed by atoms with Gasteiger partial charge in [0.15, 0.2) is 0 Å². The van der Waals surface area contributed by atoms with Gasteiger partial charge >= 0.3 is 0 Å². The van der Waals surface area contributed by atoms with Gasteiger partial charge in [0.05, 0.1) is 16.4 Å². The third kappa shape index (κ3) is 4.55. The minimum atomic E-state index is -0.523. The molecule has 1 aliphatic rings. The van der Waals surface area contributed by atoms with Gasteiger partial charge in [-0.3, -0.25) is 24.6 Å². The van der Waals surface area contributed by atoms with E-state index in [1.807, 2.05) is 0 Å². The Hall–Kier alpha value is -3.43. The maximum Gasteiger partial charge on any atom is 0.293 e. The van der Waals surface area contributed by atoms with Crippen LogP contribution in [0.15, 0.2) is 51.8 Å². The summed E-state index contributed by atoms with van der Waals surface area (Å²) in [7, 11) is 0. The molecule has 0 bridgehead atoms. The molecule has 0 unspecified atom stereocenters. The summed E-state index contributed by atoms with van der Waals surface area (Å²) >= 11 is 6.77. The highest BCUT2D eigenvalue weighted by molar-refractivity contribution is 8.18. The first kappa shape index (κ1) is 22.8. The van der Waals surface area contributed by atoms with Gasteiger partial charge in [0.2, 0.25) is 0 Å². The van der Waals surface area contributed by atoms with Crippen molar-refractivity contribution >= 4 is 46.3 Å². The van der Waals surface area contributed by atoms with E-state index in [4.69, 9.17) is 16.0 Å². The second-order valence-corrected chi connectivity index (χ2v) is 8.80. The predicted octanol–water partition coefficient (Wildman–Crippen LogP) is 6.50. The van der Waals surface area contributed by atoms with Gasteiger partial charge in [0.25, 0.3) is 16.8 Å². The first-order valence-corrected chi connectivity index (χ1v) is 10.9. The molecule has 0 spiro atoms. The monoisotopic (exact) mass is 486 g/mol. The molecule has 10 heteroatoms. The van der Waals surface area contributed by atoms with Crippen LogP contribution in [0.1, 0.15) is 22.5 Å². The van der Waals surface area contributed by atoms with Crippen LogP contribution in [0.3, 0.4) is 0 Å². The minimum absolute atomic E-state index is 0.0106. The number of amides is 2. The predicted molar refractivity (Wildman–Crippen MR) is 123 cm³/mol. The van der Waals surface area contributed by atoms with Crippen molar-refractivity contribution in [3.8, 4) is 11.3 Å².